The number of rotatable bonds is 1. The maximum Gasteiger partial charge on any atom is 0.178 e. The van der Waals surface area contributed by atoms with Crippen LogP contribution in [0.1, 0.15) is 46.0 Å². The first-order chi connectivity index (χ1) is 11.6. The lowest BCUT2D eigenvalue weighted by Gasteiger charge is -2.59. The van der Waals surface area contributed by atoms with Crippen LogP contribution in [0.15, 0.2) is 23.8 Å². The van der Waals surface area contributed by atoms with Crippen LogP contribution in [-0.2, 0) is 9.59 Å². The number of carbonyl (C=O) groups excluding carboxylic acids is 2. The van der Waals surface area contributed by atoms with Gasteiger partial charge < -0.3 is 10.2 Å². The molecule has 4 nitrogen and oxygen atoms in total. The largest absolute Gasteiger partial charge is 0.393 e. The standard InChI is InChI=1S/C21H27O4/c1-12(22)21(25)9-7-16-15-5-4-13-10-14(23)6-8-19(13,2)18(15)17(24)11-20(16,21)3/h6,8,10,15-18,24-25H,1,4-5,7,9,11H2,2-3H3/t15-,16-,17-,18+,19-,20-,21-/m1/s1. The Labute approximate surface area is 149 Å². The van der Waals surface area contributed by atoms with Crippen molar-refractivity contribution in [2.75, 3.05) is 0 Å². The normalized spacial score (nSPS) is 51.4. The molecular formula is C21H27O4. The number of ketones is 2. The summed E-state index contributed by atoms with van der Waals surface area (Å²) < 4.78 is 0. The zero-order valence-electron chi connectivity index (χ0n) is 15.0. The Morgan fingerprint density at radius 3 is 2.72 bits per heavy atom. The van der Waals surface area contributed by atoms with Crippen molar-refractivity contribution >= 4 is 11.6 Å². The molecule has 0 spiro atoms. The second-order valence-electron chi connectivity index (χ2n) is 9.03. The van der Waals surface area contributed by atoms with E-state index in [1.807, 2.05) is 13.0 Å². The van der Waals surface area contributed by atoms with E-state index in [4.69, 9.17) is 0 Å². The average Bonchev–Trinajstić information content (AvgIpc) is 2.80. The lowest BCUT2D eigenvalue weighted by molar-refractivity contribution is -0.173. The van der Waals surface area contributed by atoms with Gasteiger partial charge in [0.15, 0.2) is 11.6 Å². The average molecular weight is 343 g/mol. The summed E-state index contributed by atoms with van der Waals surface area (Å²) in [6.45, 7) is 7.60. The van der Waals surface area contributed by atoms with Crippen LogP contribution in [0.2, 0.25) is 0 Å². The third-order valence-electron chi connectivity index (χ3n) is 8.11. The molecule has 0 saturated heterocycles. The SMILES string of the molecule is [CH2]C(=O)[C@]1(O)CC[C@@H]2[C@H]3CCC4=CC(=O)C=C[C@@]4(C)[C@@H]3[C@H](O)C[C@]21C. The van der Waals surface area contributed by atoms with Crippen molar-refractivity contribution in [2.45, 2.75) is 57.7 Å². The predicted octanol–water partition coefficient (Wildman–Crippen LogP) is 2.40. The number of allylic oxidation sites excluding steroid dienone is 4. The number of aliphatic hydroxyl groups excluding tert-OH is 1. The molecule has 2 N–H and O–H groups in total. The predicted molar refractivity (Wildman–Crippen MR) is 93.3 cm³/mol. The van der Waals surface area contributed by atoms with Gasteiger partial charge in [0, 0.05) is 23.7 Å². The van der Waals surface area contributed by atoms with E-state index < -0.39 is 22.9 Å². The highest BCUT2D eigenvalue weighted by atomic mass is 16.3. The molecule has 0 aromatic rings. The second-order valence-corrected chi connectivity index (χ2v) is 9.03. The molecule has 0 aromatic heterocycles. The Bertz CT molecular complexity index is 707. The number of fused-ring (bicyclic) bond motifs is 5. The number of Topliss-reactive ketones (excluding diaryl/α,β-unsaturated/α-hetero) is 1. The minimum absolute atomic E-state index is 0.0252. The highest BCUT2D eigenvalue weighted by Crippen LogP contribution is 2.66. The Kier molecular flexibility index (Phi) is 3.53. The van der Waals surface area contributed by atoms with Gasteiger partial charge >= 0.3 is 0 Å². The van der Waals surface area contributed by atoms with Crippen LogP contribution in [0, 0.1) is 35.5 Å². The van der Waals surface area contributed by atoms with E-state index in [2.05, 4.69) is 13.8 Å². The molecule has 0 bridgehead atoms. The molecule has 3 saturated carbocycles. The maximum absolute atomic E-state index is 12.1. The third kappa shape index (κ3) is 2.01. The smallest absolute Gasteiger partial charge is 0.178 e. The molecule has 0 amide bonds. The van der Waals surface area contributed by atoms with Gasteiger partial charge in [0.1, 0.15) is 5.60 Å². The Morgan fingerprint density at radius 2 is 2.04 bits per heavy atom. The van der Waals surface area contributed by atoms with Crippen molar-refractivity contribution in [2.24, 2.45) is 28.6 Å². The molecule has 1 radical (unpaired) electrons. The van der Waals surface area contributed by atoms with Crippen LogP contribution in [0.25, 0.3) is 0 Å². The second kappa shape index (κ2) is 5.14. The third-order valence-corrected chi connectivity index (χ3v) is 8.11. The molecule has 4 aliphatic carbocycles. The Hall–Kier alpha value is -1.26. The molecule has 0 aromatic carbocycles. The molecule has 0 aliphatic heterocycles. The van der Waals surface area contributed by atoms with Crippen LogP contribution >= 0.6 is 0 Å². The van der Waals surface area contributed by atoms with Gasteiger partial charge in [0.05, 0.1) is 6.10 Å². The first-order valence-electron chi connectivity index (χ1n) is 9.34. The van der Waals surface area contributed by atoms with Crippen LogP contribution in [-0.4, -0.2) is 33.5 Å². The van der Waals surface area contributed by atoms with Gasteiger partial charge in [0.2, 0.25) is 0 Å². The lowest BCUT2D eigenvalue weighted by atomic mass is 9.46. The zero-order chi connectivity index (χ0) is 18.2. The first-order valence-corrected chi connectivity index (χ1v) is 9.34. The highest BCUT2D eigenvalue weighted by Gasteiger charge is 2.67. The van der Waals surface area contributed by atoms with Gasteiger partial charge in [0.25, 0.3) is 0 Å². The van der Waals surface area contributed by atoms with E-state index in [0.717, 1.165) is 24.8 Å². The molecule has 7 atom stereocenters. The minimum Gasteiger partial charge on any atom is -0.393 e. The minimum atomic E-state index is -1.43. The molecule has 0 heterocycles. The van der Waals surface area contributed by atoms with Crippen molar-refractivity contribution in [3.63, 3.8) is 0 Å². The number of hydrogen-bond donors (Lipinski definition) is 2. The molecular weight excluding hydrogens is 316 g/mol. The van der Waals surface area contributed by atoms with Crippen molar-refractivity contribution in [1.29, 1.82) is 0 Å². The van der Waals surface area contributed by atoms with Gasteiger partial charge in [-0.05, 0) is 56.1 Å². The van der Waals surface area contributed by atoms with E-state index in [0.29, 0.717) is 12.8 Å². The van der Waals surface area contributed by atoms with Crippen LogP contribution in [0.5, 0.6) is 0 Å². The fourth-order valence-electron chi connectivity index (χ4n) is 6.79. The van der Waals surface area contributed by atoms with Crippen molar-refractivity contribution in [3.8, 4) is 0 Å². The summed E-state index contributed by atoms with van der Waals surface area (Å²) in [4.78, 5) is 23.9. The lowest BCUT2D eigenvalue weighted by Crippen LogP contribution is -2.61. The number of hydrogen-bond acceptors (Lipinski definition) is 4. The summed E-state index contributed by atoms with van der Waals surface area (Å²) in [5, 5.41) is 22.2. The van der Waals surface area contributed by atoms with Crippen LogP contribution in [0.4, 0.5) is 0 Å². The molecule has 25 heavy (non-hydrogen) atoms. The first kappa shape index (κ1) is 17.2. The van der Waals surface area contributed by atoms with Gasteiger partial charge in [-0.1, -0.05) is 25.5 Å². The van der Waals surface area contributed by atoms with E-state index in [1.54, 1.807) is 12.2 Å². The van der Waals surface area contributed by atoms with Crippen molar-refractivity contribution in [1.82, 2.24) is 0 Å². The summed E-state index contributed by atoms with van der Waals surface area (Å²) in [6.07, 6.45) is 8.08. The van der Waals surface area contributed by atoms with E-state index >= 15 is 0 Å². The van der Waals surface area contributed by atoms with Crippen molar-refractivity contribution < 1.29 is 19.8 Å². The molecule has 3 fully saturated rings. The molecule has 135 valence electrons. The summed E-state index contributed by atoms with van der Waals surface area (Å²) >= 11 is 0. The maximum atomic E-state index is 12.1. The Balaban J connectivity index is 1.76. The fraction of sp³-hybridized carbons (Fsp3) is 0.667. The quantitative estimate of drug-likeness (QED) is 0.767. The monoisotopic (exact) mass is 343 g/mol. The summed E-state index contributed by atoms with van der Waals surface area (Å²) in [5.74, 6) is 0.0631. The van der Waals surface area contributed by atoms with E-state index in [-0.39, 0.29) is 29.0 Å². The topological polar surface area (TPSA) is 74.6 Å². The molecule has 4 aliphatic rings. The van der Waals surface area contributed by atoms with Crippen LogP contribution < -0.4 is 0 Å². The Morgan fingerprint density at radius 1 is 1.32 bits per heavy atom. The summed E-state index contributed by atoms with van der Waals surface area (Å²) in [5.41, 5.74) is -1.25. The van der Waals surface area contributed by atoms with Crippen molar-refractivity contribution in [3.05, 3.63) is 30.7 Å². The molecule has 4 heteroatoms. The van der Waals surface area contributed by atoms with E-state index in [9.17, 15) is 19.8 Å². The summed E-state index contributed by atoms with van der Waals surface area (Å²) in [7, 11) is 0. The van der Waals surface area contributed by atoms with Gasteiger partial charge in [-0.25, -0.2) is 0 Å². The fourth-order valence-corrected chi connectivity index (χ4v) is 6.79. The van der Waals surface area contributed by atoms with Crippen LogP contribution in [0.3, 0.4) is 0 Å². The zero-order valence-corrected chi connectivity index (χ0v) is 15.0. The van der Waals surface area contributed by atoms with E-state index in [1.165, 1.54) is 0 Å². The van der Waals surface area contributed by atoms with Gasteiger partial charge in [-0.3, -0.25) is 9.59 Å². The van der Waals surface area contributed by atoms with Gasteiger partial charge in [-0.15, -0.1) is 0 Å². The summed E-state index contributed by atoms with van der Waals surface area (Å²) in [6, 6.07) is 0. The highest BCUT2D eigenvalue weighted by molar-refractivity contribution is 6.01. The molecule has 0 unspecified atom stereocenters. The number of carbonyl (C=O) groups is 2. The molecule has 4 rings (SSSR count). The van der Waals surface area contributed by atoms with Gasteiger partial charge in [-0.2, -0.15) is 0 Å². The number of aliphatic hydroxyl groups is 2.